The highest BCUT2D eigenvalue weighted by Crippen LogP contribution is 1.96. The zero-order valence-corrected chi connectivity index (χ0v) is 6.26. The van der Waals surface area contributed by atoms with E-state index in [2.05, 4.69) is 10.2 Å². The van der Waals surface area contributed by atoms with Gasteiger partial charge < -0.3 is 5.32 Å². The quantitative estimate of drug-likeness (QED) is 0.557. The van der Waals surface area contributed by atoms with E-state index in [1.807, 2.05) is 13.2 Å². The van der Waals surface area contributed by atoms with E-state index in [9.17, 15) is 4.79 Å². The van der Waals surface area contributed by atoms with E-state index >= 15 is 0 Å². The van der Waals surface area contributed by atoms with Gasteiger partial charge in [-0.1, -0.05) is 0 Å². The summed E-state index contributed by atoms with van der Waals surface area (Å²) in [5, 5.41) is 3.22. The summed E-state index contributed by atoms with van der Waals surface area (Å²) in [7, 11) is 0. The molecule has 0 bridgehead atoms. The third-order valence-electron chi connectivity index (χ3n) is 1.87. The summed E-state index contributed by atoms with van der Waals surface area (Å²) in [6, 6.07) is -0.0258. The molecule has 1 fully saturated rings. The van der Waals surface area contributed by atoms with Crippen molar-refractivity contribution in [1.29, 1.82) is 0 Å². The number of hydrogen-bond donors (Lipinski definition) is 1. The van der Waals surface area contributed by atoms with Gasteiger partial charge in [-0.05, 0) is 6.92 Å². The van der Waals surface area contributed by atoms with Crippen molar-refractivity contribution in [2.24, 2.45) is 0 Å². The first-order chi connectivity index (χ1) is 4.84. The molecule has 0 amide bonds. The minimum Gasteiger partial charge on any atom is -0.314 e. The van der Waals surface area contributed by atoms with E-state index in [0.29, 0.717) is 0 Å². The standard InChI is InChI=1S/C7H13N2O/c1-7(6-10)9-4-2-8-3-5-9/h7-8H,2-5H2,1H3. The smallest absolute Gasteiger partial charge is 0.216 e. The zero-order valence-electron chi connectivity index (χ0n) is 6.26. The molecule has 1 N–H and O–H groups in total. The molecule has 0 aromatic carbocycles. The zero-order chi connectivity index (χ0) is 7.40. The van der Waals surface area contributed by atoms with Crippen molar-refractivity contribution in [1.82, 2.24) is 10.2 Å². The van der Waals surface area contributed by atoms with Crippen LogP contribution in [0.1, 0.15) is 6.92 Å². The summed E-state index contributed by atoms with van der Waals surface area (Å²) >= 11 is 0. The van der Waals surface area contributed by atoms with Crippen molar-refractivity contribution in [3.63, 3.8) is 0 Å². The van der Waals surface area contributed by atoms with Crippen LogP contribution in [0.4, 0.5) is 0 Å². The molecule has 1 atom stereocenters. The molecule has 1 aliphatic heterocycles. The van der Waals surface area contributed by atoms with Gasteiger partial charge in [0.05, 0.1) is 6.04 Å². The van der Waals surface area contributed by atoms with E-state index in [-0.39, 0.29) is 6.04 Å². The Labute approximate surface area is 61.4 Å². The van der Waals surface area contributed by atoms with Crippen LogP contribution in [0.15, 0.2) is 0 Å². The second-order valence-electron chi connectivity index (χ2n) is 2.58. The van der Waals surface area contributed by atoms with Crippen molar-refractivity contribution in [3.8, 4) is 0 Å². The fraction of sp³-hybridized carbons (Fsp3) is 0.857. The minimum atomic E-state index is -0.0258. The number of hydrogen-bond acceptors (Lipinski definition) is 3. The molecule has 10 heavy (non-hydrogen) atoms. The number of nitrogens with one attached hydrogen (secondary N) is 1. The van der Waals surface area contributed by atoms with Gasteiger partial charge in [0.2, 0.25) is 6.29 Å². The second kappa shape index (κ2) is 3.68. The number of rotatable bonds is 2. The van der Waals surface area contributed by atoms with Gasteiger partial charge in [0, 0.05) is 26.2 Å². The van der Waals surface area contributed by atoms with Crippen molar-refractivity contribution in [2.45, 2.75) is 13.0 Å². The summed E-state index contributed by atoms with van der Waals surface area (Å²) in [6.45, 7) is 5.81. The molecule has 0 saturated carbocycles. The van der Waals surface area contributed by atoms with Crippen molar-refractivity contribution < 1.29 is 4.79 Å². The highest BCUT2D eigenvalue weighted by atomic mass is 16.1. The van der Waals surface area contributed by atoms with Crippen LogP contribution in [0.25, 0.3) is 0 Å². The Bertz CT molecular complexity index is 110. The highest BCUT2D eigenvalue weighted by molar-refractivity contribution is 5.57. The van der Waals surface area contributed by atoms with Gasteiger partial charge in [0.25, 0.3) is 0 Å². The van der Waals surface area contributed by atoms with E-state index in [1.54, 1.807) is 0 Å². The predicted octanol–water partition coefficient (Wildman–Crippen LogP) is -0.610. The van der Waals surface area contributed by atoms with Crippen molar-refractivity contribution in [3.05, 3.63) is 0 Å². The second-order valence-corrected chi connectivity index (χ2v) is 2.58. The van der Waals surface area contributed by atoms with Gasteiger partial charge in [0.1, 0.15) is 0 Å². The van der Waals surface area contributed by atoms with Crippen molar-refractivity contribution in [2.75, 3.05) is 26.2 Å². The van der Waals surface area contributed by atoms with Crippen LogP contribution < -0.4 is 5.32 Å². The molecule has 1 aliphatic rings. The number of carbonyl (C=O) groups excluding carboxylic acids is 1. The highest BCUT2D eigenvalue weighted by Gasteiger charge is 2.15. The SMILES string of the molecule is CC([C]=O)N1CCNCC1. The first-order valence-electron chi connectivity index (χ1n) is 3.67. The Morgan fingerprint density at radius 1 is 1.50 bits per heavy atom. The third kappa shape index (κ3) is 1.78. The number of piperazine rings is 1. The van der Waals surface area contributed by atoms with Gasteiger partial charge in [-0.3, -0.25) is 9.69 Å². The molecular formula is C7H13N2O. The first kappa shape index (κ1) is 7.69. The van der Waals surface area contributed by atoms with Gasteiger partial charge in [0.15, 0.2) is 0 Å². The molecular weight excluding hydrogens is 128 g/mol. The minimum absolute atomic E-state index is 0.0258. The maximum Gasteiger partial charge on any atom is 0.216 e. The van der Waals surface area contributed by atoms with E-state index < -0.39 is 0 Å². The van der Waals surface area contributed by atoms with E-state index in [4.69, 9.17) is 0 Å². The lowest BCUT2D eigenvalue weighted by Gasteiger charge is -2.29. The Morgan fingerprint density at radius 3 is 2.60 bits per heavy atom. The lowest BCUT2D eigenvalue weighted by atomic mass is 10.2. The summed E-state index contributed by atoms with van der Waals surface area (Å²) in [5.41, 5.74) is 0. The molecule has 0 aromatic rings. The Hall–Kier alpha value is -0.410. The fourth-order valence-corrected chi connectivity index (χ4v) is 1.14. The molecule has 0 spiro atoms. The van der Waals surface area contributed by atoms with Gasteiger partial charge >= 0.3 is 0 Å². The lowest BCUT2D eigenvalue weighted by molar-refractivity contribution is 0.219. The Balaban J connectivity index is 2.30. The first-order valence-corrected chi connectivity index (χ1v) is 3.67. The van der Waals surface area contributed by atoms with E-state index in [1.165, 1.54) is 0 Å². The predicted molar refractivity (Wildman–Crippen MR) is 39.6 cm³/mol. The molecule has 0 aromatic heterocycles. The molecule has 3 heteroatoms. The number of nitrogens with zero attached hydrogens (tertiary/aromatic N) is 1. The molecule has 1 radical (unpaired) electrons. The molecule has 1 unspecified atom stereocenters. The average molecular weight is 141 g/mol. The van der Waals surface area contributed by atoms with Crippen LogP contribution in [0.2, 0.25) is 0 Å². The molecule has 0 aliphatic carbocycles. The molecule has 57 valence electrons. The van der Waals surface area contributed by atoms with Crippen LogP contribution in [0.5, 0.6) is 0 Å². The fourth-order valence-electron chi connectivity index (χ4n) is 1.14. The lowest BCUT2D eigenvalue weighted by Crippen LogP contribution is -2.47. The largest absolute Gasteiger partial charge is 0.314 e. The normalized spacial score (nSPS) is 24.1. The van der Waals surface area contributed by atoms with Crippen LogP contribution in [-0.4, -0.2) is 43.4 Å². The molecule has 1 rings (SSSR count). The molecule has 1 saturated heterocycles. The van der Waals surface area contributed by atoms with Crippen LogP contribution in [0, 0.1) is 0 Å². The molecule has 1 heterocycles. The Kier molecular flexibility index (Phi) is 2.83. The monoisotopic (exact) mass is 141 g/mol. The van der Waals surface area contributed by atoms with Crippen LogP contribution >= 0.6 is 0 Å². The third-order valence-corrected chi connectivity index (χ3v) is 1.87. The summed E-state index contributed by atoms with van der Waals surface area (Å²) in [5.74, 6) is 0. The Morgan fingerprint density at radius 2 is 2.10 bits per heavy atom. The maximum atomic E-state index is 10.2. The van der Waals surface area contributed by atoms with Crippen LogP contribution in [0.3, 0.4) is 0 Å². The van der Waals surface area contributed by atoms with Gasteiger partial charge in [-0.25, -0.2) is 0 Å². The topological polar surface area (TPSA) is 32.3 Å². The van der Waals surface area contributed by atoms with Crippen LogP contribution in [-0.2, 0) is 4.79 Å². The summed E-state index contributed by atoms with van der Waals surface area (Å²) < 4.78 is 0. The van der Waals surface area contributed by atoms with Crippen molar-refractivity contribution >= 4 is 6.29 Å². The van der Waals surface area contributed by atoms with Gasteiger partial charge in [-0.2, -0.15) is 0 Å². The summed E-state index contributed by atoms with van der Waals surface area (Å²) in [4.78, 5) is 12.3. The van der Waals surface area contributed by atoms with Gasteiger partial charge in [-0.15, -0.1) is 0 Å². The summed E-state index contributed by atoms with van der Waals surface area (Å²) in [6.07, 6.45) is 1.98. The molecule has 3 nitrogen and oxygen atoms in total. The van der Waals surface area contributed by atoms with E-state index in [0.717, 1.165) is 26.2 Å². The maximum absolute atomic E-state index is 10.2. The average Bonchev–Trinajstić information content (AvgIpc) is 2.05.